The predicted octanol–water partition coefficient (Wildman–Crippen LogP) is 4.49. The van der Waals surface area contributed by atoms with Crippen molar-refractivity contribution in [3.05, 3.63) is 63.7 Å². The Labute approximate surface area is 205 Å². The molecule has 2 saturated heterocycles. The Morgan fingerprint density at radius 1 is 1.15 bits per heavy atom. The van der Waals surface area contributed by atoms with Crippen LogP contribution in [0, 0.1) is 18.3 Å². The molecule has 2 heterocycles. The van der Waals surface area contributed by atoms with Crippen LogP contribution in [0.5, 0.6) is 0 Å². The fourth-order valence-electron chi connectivity index (χ4n) is 4.75. The number of nitriles is 1. The fourth-order valence-corrected chi connectivity index (χ4v) is 4.99. The average Bonchev–Trinajstić information content (AvgIpc) is 3.37. The van der Waals surface area contributed by atoms with Crippen LogP contribution >= 0.6 is 11.6 Å². The van der Waals surface area contributed by atoms with Crippen molar-refractivity contribution in [2.75, 3.05) is 38.0 Å². The monoisotopic (exact) mass is 479 g/mol. The summed E-state index contributed by atoms with van der Waals surface area (Å²) in [5.41, 5.74) is 3.52. The van der Waals surface area contributed by atoms with E-state index < -0.39 is 0 Å². The maximum Gasteiger partial charge on any atom is 0.320 e. The molecule has 8 heteroatoms. The van der Waals surface area contributed by atoms with Crippen molar-refractivity contribution in [2.24, 2.45) is 0 Å². The largest absolute Gasteiger partial charge is 0.325 e. The van der Waals surface area contributed by atoms with Crippen molar-refractivity contribution in [3.63, 3.8) is 0 Å². The van der Waals surface area contributed by atoms with Gasteiger partial charge in [-0.15, -0.1) is 0 Å². The predicted molar refractivity (Wildman–Crippen MR) is 133 cm³/mol. The Morgan fingerprint density at radius 3 is 2.62 bits per heavy atom. The van der Waals surface area contributed by atoms with Crippen LogP contribution in [0.3, 0.4) is 0 Å². The quantitative estimate of drug-likeness (QED) is 0.700. The summed E-state index contributed by atoms with van der Waals surface area (Å²) in [6.45, 7) is 8.78. The van der Waals surface area contributed by atoms with E-state index in [4.69, 9.17) is 16.9 Å². The molecule has 1 N–H and O–H groups in total. The first kappa shape index (κ1) is 24.1. The first-order valence-electron chi connectivity index (χ1n) is 11.7. The molecule has 2 aromatic rings. The molecule has 0 spiro atoms. The van der Waals surface area contributed by atoms with Gasteiger partial charge in [0, 0.05) is 61.6 Å². The van der Waals surface area contributed by atoms with Crippen LogP contribution in [-0.2, 0) is 6.54 Å². The maximum atomic E-state index is 12.8. The van der Waals surface area contributed by atoms with Gasteiger partial charge in [0.05, 0.1) is 11.6 Å². The van der Waals surface area contributed by atoms with Gasteiger partial charge in [0.25, 0.3) is 5.91 Å². The smallest absolute Gasteiger partial charge is 0.320 e. The van der Waals surface area contributed by atoms with Crippen molar-refractivity contribution in [3.8, 4) is 6.07 Å². The van der Waals surface area contributed by atoms with E-state index in [0.717, 1.165) is 50.1 Å². The summed E-state index contributed by atoms with van der Waals surface area (Å²) < 4.78 is 0. The molecule has 3 amide bonds. The van der Waals surface area contributed by atoms with Gasteiger partial charge in [-0.1, -0.05) is 17.7 Å². The molecular weight excluding hydrogens is 450 g/mol. The third-order valence-electron chi connectivity index (χ3n) is 6.71. The number of piperazine rings is 1. The molecule has 2 fully saturated rings. The Morgan fingerprint density at radius 2 is 1.91 bits per heavy atom. The number of rotatable bonds is 4. The molecule has 0 aromatic heterocycles. The summed E-state index contributed by atoms with van der Waals surface area (Å²) in [5, 5.41) is 12.6. The minimum atomic E-state index is -0.281. The van der Waals surface area contributed by atoms with Crippen LogP contribution in [0.1, 0.15) is 46.8 Å². The zero-order chi connectivity index (χ0) is 24.2. The fraction of sp³-hybridized carbons (Fsp3) is 0.423. The van der Waals surface area contributed by atoms with Crippen molar-refractivity contribution >= 4 is 29.2 Å². The number of halogens is 1. The zero-order valence-electron chi connectivity index (χ0n) is 19.7. The van der Waals surface area contributed by atoms with Crippen molar-refractivity contribution < 1.29 is 9.59 Å². The Balaban J connectivity index is 1.43. The normalized spacial score (nSPS) is 18.6. The van der Waals surface area contributed by atoms with Crippen LogP contribution in [-0.4, -0.2) is 65.4 Å². The van der Waals surface area contributed by atoms with E-state index in [-0.39, 0.29) is 18.0 Å². The van der Waals surface area contributed by atoms with Gasteiger partial charge in [0.1, 0.15) is 0 Å². The molecule has 2 aliphatic heterocycles. The summed E-state index contributed by atoms with van der Waals surface area (Å²) in [7, 11) is 0. The van der Waals surface area contributed by atoms with Gasteiger partial charge >= 0.3 is 6.03 Å². The molecule has 0 bridgehead atoms. The Bertz CT molecular complexity index is 1120. The minimum Gasteiger partial charge on any atom is -0.325 e. The SMILES string of the molecule is Cc1c(CN2CCN(C(=O)N3CCCC3)C(C)C2)cc(Cl)cc1NC(=O)c1cccc(C#N)c1. The number of benzene rings is 2. The molecule has 2 aromatic carbocycles. The van der Waals surface area contributed by atoms with Crippen molar-refractivity contribution in [1.29, 1.82) is 5.26 Å². The van der Waals surface area contributed by atoms with E-state index in [1.807, 2.05) is 22.8 Å². The number of anilines is 1. The van der Waals surface area contributed by atoms with E-state index >= 15 is 0 Å². The second-order valence-electron chi connectivity index (χ2n) is 9.14. The van der Waals surface area contributed by atoms with E-state index in [1.165, 1.54) is 0 Å². The summed E-state index contributed by atoms with van der Waals surface area (Å²) in [4.78, 5) is 31.9. The standard InChI is InChI=1S/C26H30ClN5O2/c1-18-16-30(10-11-32(18)26(34)31-8-3-4-9-31)17-22-13-23(27)14-24(19(22)2)29-25(33)21-7-5-6-20(12-21)15-28/h5-7,12-14,18H,3-4,8-11,16-17H2,1-2H3,(H,29,33). The Kier molecular flexibility index (Phi) is 7.40. The number of nitrogens with zero attached hydrogens (tertiary/aromatic N) is 4. The van der Waals surface area contributed by atoms with Gasteiger partial charge in [0.2, 0.25) is 0 Å². The maximum absolute atomic E-state index is 12.8. The summed E-state index contributed by atoms with van der Waals surface area (Å²) in [6, 6.07) is 12.7. The Hall–Kier alpha value is -3.08. The lowest BCUT2D eigenvalue weighted by atomic mass is 10.0. The van der Waals surface area contributed by atoms with Crippen LogP contribution < -0.4 is 5.32 Å². The molecule has 0 saturated carbocycles. The second-order valence-corrected chi connectivity index (χ2v) is 9.57. The molecule has 1 atom stereocenters. The number of likely N-dealkylation sites (tertiary alicyclic amines) is 1. The van der Waals surface area contributed by atoms with E-state index in [2.05, 4.69) is 23.2 Å². The molecule has 2 aliphatic rings. The molecule has 7 nitrogen and oxygen atoms in total. The number of nitrogens with one attached hydrogen (secondary N) is 1. The number of urea groups is 1. The highest BCUT2D eigenvalue weighted by atomic mass is 35.5. The molecule has 178 valence electrons. The van der Waals surface area contributed by atoms with Gasteiger partial charge < -0.3 is 15.1 Å². The third kappa shape index (κ3) is 5.35. The van der Waals surface area contributed by atoms with Crippen molar-refractivity contribution in [2.45, 2.75) is 39.3 Å². The average molecular weight is 480 g/mol. The highest BCUT2D eigenvalue weighted by Crippen LogP contribution is 2.27. The molecular formula is C26H30ClN5O2. The first-order valence-corrected chi connectivity index (χ1v) is 12.1. The number of carbonyl (C=O) groups excluding carboxylic acids is 2. The number of hydrogen-bond acceptors (Lipinski definition) is 4. The third-order valence-corrected chi connectivity index (χ3v) is 6.93. The molecule has 4 rings (SSSR count). The second kappa shape index (κ2) is 10.5. The summed E-state index contributed by atoms with van der Waals surface area (Å²) in [6.07, 6.45) is 2.19. The highest BCUT2D eigenvalue weighted by molar-refractivity contribution is 6.31. The van der Waals surface area contributed by atoms with Crippen LogP contribution in [0.2, 0.25) is 5.02 Å². The summed E-state index contributed by atoms with van der Waals surface area (Å²) in [5.74, 6) is -0.281. The van der Waals surface area contributed by atoms with E-state index in [9.17, 15) is 9.59 Å². The van der Waals surface area contributed by atoms with Crippen molar-refractivity contribution in [1.82, 2.24) is 14.7 Å². The first-order chi connectivity index (χ1) is 16.4. The van der Waals surface area contributed by atoms with Gasteiger partial charge in [-0.2, -0.15) is 5.26 Å². The van der Waals surface area contributed by atoms with E-state index in [1.54, 1.807) is 30.3 Å². The topological polar surface area (TPSA) is 79.7 Å². The zero-order valence-corrected chi connectivity index (χ0v) is 20.4. The van der Waals surface area contributed by atoms with Gasteiger partial charge in [-0.25, -0.2) is 4.79 Å². The van der Waals surface area contributed by atoms with Crippen LogP contribution in [0.15, 0.2) is 36.4 Å². The van der Waals surface area contributed by atoms with Gasteiger partial charge in [-0.05, 0) is 68.1 Å². The van der Waals surface area contributed by atoms with E-state index in [0.29, 0.717) is 34.9 Å². The van der Waals surface area contributed by atoms with Crippen LogP contribution in [0.4, 0.5) is 10.5 Å². The molecule has 0 radical (unpaired) electrons. The number of hydrogen-bond donors (Lipinski definition) is 1. The minimum absolute atomic E-state index is 0.132. The molecule has 0 aliphatic carbocycles. The number of amides is 3. The molecule has 34 heavy (non-hydrogen) atoms. The lowest BCUT2D eigenvalue weighted by Gasteiger charge is -2.41. The summed E-state index contributed by atoms with van der Waals surface area (Å²) >= 11 is 6.41. The van der Waals surface area contributed by atoms with Crippen LogP contribution in [0.25, 0.3) is 0 Å². The van der Waals surface area contributed by atoms with Gasteiger partial charge in [0.15, 0.2) is 0 Å². The van der Waals surface area contributed by atoms with Gasteiger partial charge in [-0.3, -0.25) is 9.69 Å². The number of carbonyl (C=O) groups is 2. The molecule has 1 unspecified atom stereocenters. The highest BCUT2D eigenvalue weighted by Gasteiger charge is 2.31. The lowest BCUT2D eigenvalue weighted by molar-refractivity contribution is 0.0814. The lowest BCUT2D eigenvalue weighted by Crippen LogP contribution is -2.56.